The van der Waals surface area contributed by atoms with Crippen molar-refractivity contribution in [3.8, 4) is 5.75 Å². The molecule has 0 atom stereocenters. The van der Waals surface area contributed by atoms with Crippen LogP contribution in [0.3, 0.4) is 0 Å². The van der Waals surface area contributed by atoms with Crippen molar-refractivity contribution in [3.05, 3.63) is 59.9 Å². The average molecular weight is 311 g/mol. The first-order valence-corrected chi connectivity index (χ1v) is 6.79. The SMILES string of the molecule is COc1ccc2oc(C(=O)Nc3ccc(C(=O)O)cc3)cc2c1. The summed E-state index contributed by atoms with van der Waals surface area (Å²) < 4.78 is 10.6. The molecule has 2 aromatic carbocycles. The molecule has 0 spiro atoms. The number of ether oxygens (including phenoxy) is 1. The minimum Gasteiger partial charge on any atom is -0.497 e. The maximum absolute atomic E-state index is 12.2. The van der Waals surface area contributed by atoms with Crippen molar-refractivity contribution in [2.75, 3.05) is 12.4 Å². The highest BCUT2D eigenvalue weighted by Crippen LogP contribution is 2.24. The van der Waals surface area contributed by atoms with Gasteiger partial charge in [-0.15, -0.1) is 0 Å². The van der Waals surface area contributed by atoms with Gasteiger partial charge in [0.2, 0.25) is 0 Å². The number of carboxylic acids is 1. The second-order valence-corrected chi connectivity index (χ2v) is 4.85. The van der Waals surface area contributed by atoms with Crippen LogP contribution in [0.4, 0.5) is 5.69 Å². The molecule has 6 heteroatoms. The Bertz CT molecular complexity index is 880. The minimum absolute atomic E-state index is 0.152. The number of furan rings is 1. The van der Waals surface area contributed by atoms with E-state index in [1.165, 1.54) is 24.3 Å². The van der Waals surface area contributed by atoms with E-state index in [0.29, 0.717) is 17.0 Å². The number of benzene rings is 2. The minimum atomic E-state index is -1.02. The zero-order chi connectivity index (χ0) is 16.4. The molecule has 0 aliphatic rings. The third kappa shape index (κ3) is 3.01. The molecule has 0 aliphatic carbocycles. The molecule has 1 heterocycles. The van der Waals surface area contributed by atoms with Crippen LogP contribution in [0.5, 0.6) is 5.75 Å². The Morgan fingerprint density at radius 1 is 1.09 bits per heavy atom. The Morgan fingerprint density at radius 2 is 1.83 bits per heavy atom. The number of fused-ring (bicyclic) bond motifs is 1. The van der Waals surface area contributed by atoms with Gasteiger partial charge in [-0.1, -0.05) is 0 Å². The van der Waals surface area contributed by atoms with Gasteiger partial charge in [-0.2, -0.15) is 0 Å². The van der Waals surface area contributed by atoms with E-state index in [4.69, 9.17) is 14.3 Å². The van der Waals surface area contributed by atoms with Crippen molar-refractivity contribution in [2.45, 2.75) is 0 Å². The summed E-state index contributed by atoms with van der Waals surface area (Å²) in [5.74, 6) is -0.595. The van der Waals surface area contributed by atoms with Crippen LogP contribution in [0.1, 0.15) is 20.9 Å². The number of carbonyl (C=O) groups is 2. The predicted octanol–water partition coefficient (Wildman–Crippen LogP) is 3.39. The highest BCUT2D eigenvalue weighted by atomic mass is 16.5. The van der Waals surface area contributed by atoms with Gasteiger partial charge in [0.05, 0.1) is 12.7 Å². The number of methoxy groups -OCH3 is 1. The zero-order valence-corrected chi connectivity index (χ0v) is 12.2. The molecule has 0 fully saturated rings. The Balaban J connectivity index is 1.81. The number of anilines is 1. The molecule has 0 unspecified atom stereocenters. The molecule has 6 nitrogen and oxygen atoms in total. The lowest BCUT2D eigenvalue weighted by atomic mass is 10.2. The van der Waals surface area contributed by atoms with E-state index in [1.54, 1.807) is 31.4 Å². The van der Waals surface area contributed by atoms with Gasteiger partial charge in [0.25, 0.3) is 5.91 Å². The van der Waals surface area contributed by atoms with Crippen molar-refractivity contribution in [1.29, 1.82) is 0 Å². The highest BCUT2D eigenvalue weighted by Gasteiger charge is 2.13. The molecular weight excluding hydrogens is 298 g/mol. The van der Waals surface area contributed by atoms with Crippen LogP contribution in [0, 0.1) is 0 Å². The molecule has 1 amide bonds. The van der Waals surface area contributed by atoms with Crippen molar-refractivity contribution in [2.24, 2.45) is 0 Å². The fraction of sp³-hybridized carbons (Fsp3) is 0.0588. The molecule has 1 aromatic heterocycles. The highest BCUT2D eigenvalue weighted by molar-refractivity contribution is 6.04. The number of nitrogens with one attached hydrogen (secondary N) is 1. The molecule has 2 N–H and O–H groups in total. The van der Waals surface area contributed by atoms with Gasteiger partial charge in [-0.3, -0.25) is 4.79 Å². The van der Waals surface area contributed by atoms with Crippen LogP contribution in [0.2, 0.25) is 0 Å². The van der Waals surface area contributed by atoms with Crippen molar-refractivity contribution in [3.63, 3.8) is 0 Å². The monoisotopic (exact) mass is 311 g/mol. The lowest BCUT2D eigenvalue weighted by Crippen LogP contribution is -2.10. The smallest absolute Gasteiger partial charge is 0.335 e. The molecule has 3 rings (SSSR count). The van der Waals surface area contributed by atoms with Gasteiger partial charge in [0.15, 0.2) is 5.76 Å². The Hall–Kier alpha value is -3.28. The first kappa shape index (κ1) is 14.6. The first-order chi connectivity index (χ1) is 11.1. The summed E-state index contributed by atoms with van der Waals surface area (Å²) in [4.78, 5) is 23.0. The van der Waals surface area contributed by atoms with Crippen LogP contribution < -0.4 is 10.1 Å². The van der Waals surface area contributed by atoms with Crippen molar-refractivity contribution >= 4 is 28.5 Å². The molecule has 0 saturated heterocycles. The van der Waals surface area contributed by atoms with Crippen LogP contribution >= 0.6 is 0 Å². The molecular formula is C17H13NO5. The largest absolute Gasteiger partial charge is 0.497 e. The number of amides is 1. The summed E-state index contributed by atoms with van der Waals surface area (Å²) in [6.45, 7) is 0. The zero-order valence-electron chi connectivity index (χ0n) is 12.2. The second kappa shape index (κ2) is 5.84. The van der Waals surface area contributed by atoms with Crippen LogP contribution in [0.25, 0.3) is 11.0 Å². The number of hydrogen-bond donors (Lipinski definition) is 2. The fourth-order valence-electron chi connectivity index (χ4n) is 2.15. The molecule has 0 saturated carbocycles. The van der Waals surface area contributed by atoms with E-state index < -0.39 is 11.9 Å². The first-order valence-electron chi connectivity index (χ1n) is 6.79. The number of hydrogen-bond acceptors (Lipinski definition) is 4. The van der Waals surface area contributed by atoms with Crippen LogP contribution in [-0.4, -0.2) is 24.1 Å². The van der Waals surface area contributed by atoms with E-state index in [9.17, 15) is 9.59 Å². The lowest BCUT2D eigenvalue weighted by Gasteiger charge is -2.03. The Labute approximate surface area is 131 Å². The van der Waals surface area contributed by atoms with E-state index in [0.717, 1.165) is 5.39 Å². The van der Waals surface area contributed by atoms with Gasteiger partial charge in [-0.05, 0) is 48.5 Å². The number of carbonyl (C=O) groups excluding carboxylic acids is 1. The fourth-order valence-corrected chi connectivity index (χ4v) is 2.15. The third-order valence-corrected chi connectivity index (χ3v) is 3.34. The molecule has 116 valence electrons. The average Bonchev–Trinajstić information content (AvgIpc) is 2.98. The van der Waals surface area contributed by atoms with Gasteiger partial charge in [0, 0.05) is 11.1 Å². The third-order valence-electron chi connectivity index (χ3n) is 3.34. The normalized spacial score (nSPS) is 10.5. The summed E-state index contributed by atoms with van der Waals surface area (Å²) in [6.07, 6.45) is 0. The number of aromatic carboxylic acids is 1. The van der Waals surface area contributed by atoms with Crippen LogP contribution in [-0.2, 0) is 0 Å². The van der Waals surface area contributed by atoms with E-state index in [1.807, 2.05) is 0 Å². The maximum Gasteiger partial charge on any atom is 0.335 e. The van der Waals surface area contributed by atoms with Crippen LogP contribution in [0.15, 0.2) is 52.9 Å². The quantitative estimate of drug-likeness (QED) is 0.771. The number of rotatable bonds is 4. The van der Waals surface area contributed by atoms with E-state index in [2.05, 4.69) is 5.32 Å². The van der Waals surface area contributed by atoms with Gasteiger partial charge >= 0.3 is 5.97 Å². The molecule has 3 aromatic rings. The molecule has 0 bridgehead atoms. The molecule has 0 radical (unpaired) electrons. The summed E-state index contributed by atoms with van der Waals surface area (Å²) in [5, 5.41) is 12.3. The van der Waals surface area contributed by atoms with Crippen molar-refractivity contribution < 1.29 is 23.8 Å². The lowest BCUT2D eigenvalue weighted by molar-refractivity contribution is 0.0696. The van der Waals surface area contributed by atoms with Gasteiger partial charge < -0.3 is 19.6 Å². The standard InChI is InChI=1S/C17H13NO5/c1-22-13-6-7-14-11(8-13)9-15(23-14)16(19)18-12-4-2-10(3-5-12)17(20)21/h2-9H,1H3,(H,18,19)(H,20,21). The topological polar surface area (TPSA) is 88.8 Å². The molecule has 0 aliphatic heterocycles. The summed E-state index contributed by atoms with van der Waals surface area (Å²) in [5.41, 5.74) is 1.22. The Kier molecular flexibility index (Phi) is 3.72. The van der Waals surface area contributed by atoms with Gasteiger partial charge in [-0.25, -0.2) is 4.79 Å². The van der Waals surface area contributed by atoms with E-state index in [-0.39, 0.29) is 11.3 Å². The predicted molar refractivity (Wildman–Crippen MR) is 84.1 cm³/mol. The summed E-state index contributed by atoms with van der Waals surface area (Å²) in [6, 6.07) is 12.8. The van der Waals surface area contributed by atoms with E-state index >= 15 is 0 Å². The summed E-state index contributed by atoms with van der Waals surface area (Å²) >= 11 is 0. The second-order valence-electron chi connectivity index (χ2n) is 4.85. The van der Waals surface area contributed by atoms with Gasteiger partial charge in [0.1, 0.15) is 11.3 Å². The Morgan fingerprint density at radius 3 is 2.48 bits per heavy atom. The maximum atomic E-state index is 12.2. The summed E-state index contributed by atoms with van der Waals surface area (Å²) in [7, 11) is 1.57. The molecule has 23 heavy (non-hydrogen) atoms. The number of carboxylic acid groups (broad SMARTS) is 1. The van der Waals surface area contributed by atoms with Crippen molar-refractivity contribution in [1.82, 2.24) is 0 Å².